The Morgan fingerprint density at radius 1 is 0.576 bits per heavy atom. The van der Waals surface area contributed by atoms with Crippen LogP contribution in [0.2, 0.25) is 0 Å². The predicted octanol–water partition coefficient (Wildman–Crippen LogP) is -4.51. The second-order valence-electron chi connectivity index (χ2n) is 23.4. The van der Waals surface area contributed by atoms with Crippen LogP contribution in [0.5, 0.6) is 5.75 Å². The SMILES string of the molecule is CSCC[C@H](NC(=O)[C@H](C)NC(=O)[C@H](CS)NC(=O)[C@H](CCC(=O)O)NC(=O)[C@@H](N)Cc1c[nH]c2ccccc12)C(=O)N[C@@H](Cc1ccc(O)cc1)C(=O)N[C@@H](CC(=O)O)C(=O)NCC(=O)N[C@@H](CCCN=C(N)N)C(=O)N[C@@H](CS)C(=O)N[C@@H](CC(C)C)C(=O)N[C@H](C(=O)O)[C@@H](C)O. The van der Waals surface area contributed by atoms with E-state index in [0.717, 1.165) is 17.8 Å². The maximum atomic E-state index is 14.3. The number of rotatable bonds is 44. The molecule has 0 radical (unpaired) electrons. The van der Waals surface area contributed by atoms with Crippen LogP contribution in [0.1, 0.15) is 83.8 Å². The van der Waals surface area contributed by atoms with Crippen molar-refractivity contribution in [2.45, 2.75) is 158 Å². The van der Waals surface area contributed by atoms with Crippen LogP contribution in [0, 0.1) is 5.92 Å². The van der Waals surface area contributed by atoms with Gasteiger partial charge in [-0.15, -0.1) is 0 Å². The Bertz CT molecular complexity index is 3340. The van der Waals surface area contributed by atoms with Gasteiger partial charge in [-0.1, -0.05) is 44.2 Å². The molecule has 1 aromatic heterocycles. The van der Waals surface area contributed by atoms with Gasteiger partial charge < -0.3 is 106 Å². The lowest BCUT2D eigenvalue weighted by Gasteiger charge is -2.27. The molecule has 0 aliphatic carbocycles. The number of phenols is 1. The molecule has 3 aromatic rings. The number of aliphatic carboxylic acids is 3. The Labute approximate surface area is 584 Å². The van der Waals surface area contributed by atoms with Gasteiger partial charge in [-0.25, -0.2) is 4.79 Å². The first-order chi connectivity index (χ1) is 46.7. The van der Waals surface area contributed by atoms with Gasteiger partial charge in [-0.2, -0.15) is 37.0 Å². The molecule has 1 heterocycles. The quantitative estimate of drug-likeness (QED) is 0.0110. The Morgan fingerprint density at radius 3 is 1.65 bits per heavy atom. The number of carbonyl (C=O) groups is 14. The molecule has 0 saturated heterocycles. The molecule has 0 unspecified atom stereocenters. The molecular formula is C61H90N16O19S3. The number of fused-ring (bicyclic) bond motifs is 1. The number of para-hydroxylation sites is 1. The summed E-state index contributed by atoms with van der Waals surface area (Å²) in [7, 11) is 0. The van der Waals surface area contributed by atoms with E-state index in [1.54, 1.807) is 32.4 Å². The van der Waals surface area contributed by atoms with Crippen molar-refractivity contribution in [1.82, 2.24) is 63.5 Å². The normalized spacial score (nSPS) is 14.7. The van der Waals surface area contributed by atoms with E-state index < -0.39 is 181 Å². The average Bonchev–Trinajstić information content (AvgIpc) is 1.73. The molecule has 35 nitrogen and oxygen atoms in total. The van der Waals surface area contributed by atoms with Crippen molar-refractivity contribution in [2.75, 3.05) is 36.6 Å². The van der Waals surface area contributed by atoms with Crippen molar-refractivity contribution in [1.29, 1.82) is 0 Å². The van der Waals surface area contributed by atoms with E-state index in [1.807, 2.05) is 18.2 Å². The predicted molar refractivity (Wildman–Crippen MR) is 368 cm³/mol. The fourth-order valence-corrected chi connectivity index (χ4v) is 10.5. The third-order valence-electron chi connectivity index (χ3n) is 14.8. The van der Waals surface area contributed by atoms with Crippen LogP contribution in [-0.2, 0) is 80.0 Å². The van der Waals surface area contributed by atoms with E-state index in [2.05, 4.69) is 93.7 Å². The second kappa shape index (κ2) is 42.4. The van der Waals surface area contributed by atoms with Crippen LogP contribution in [0.15, 0.2) is 59.7 Å². The molecule has 3 rings (SSSR count). The van der Waals surface area contributed by atoms with Crippen molar-refractivity contribution in [3.63, 3.8) is 0 Å². The van der Waals surface area contributed by atoms with Gasteiger partial charge in [0.1, 0.15) is 60.1 Å². The summed E-state index contributed by atoms with van der Waals surface area (Å²) in [6.07, 6.45) is -0.820. The summed E-state index contributed by atoms with van der Waals surface area (Å²) in [6.45, 7) is 4.79. The first-order valence-corrected chi connectivity index (χ1v) is 33.8. The Hall–Kier alpha value is -9.40. The van der Waals surface area contributed by atoms with E-state index in [1.165, 1.54) is 43.0 Å². The number of aromatic amines is 1. The lowest BCUT2D eigenvalue weighted by molar-refractivity contribution is -0.145. The number of nitrogens with two attached hydrogens (primary N) is 3. The Morgan fingerprint density at radius 2 is 1.09 bits per heavy atom. The van der Waals surface area contributed by atoms with Crippen molar-refractivity contribution < 1.29 is 92.7 Å². The zero-order chi connectivity index (χ0) is 74.2. The Balaban J connectivity index is 1.79. The lowest BCUT2D eigenvalue weighted by atomic mass is 10.0. The van der Waals surface area contributed by atoms with Crippen molar-refractivity contribution in [3.8, 4) is 5.75 Å². The summed E-state index contributed by atoms with van der Waals surface area (Å²) in [5, 5.41) is 75.9. The standard InChI is InChI=1S/C61H90N16O19S3/c1-29(2)21-41(57(92)77-49(31(4)78)60(95)96)72-59(94)45(28-98)76-53(88)38(11-8-19-65-61(63)64)69-46(80)26-67-52(87)43(24-48(83)84)74-56(91)42(22-32-12-14-34(79)15-13-32)73-55(90)40(18-20-99-5)70-50(85)30(3)68-58(93)44(27-97)75-54(89)39(16-17-47(81)82)71-51(86)36(62)23-33-25-66-37-10-7-6-9-35(33)37/h6-7,9-10,12-15,25,29-31,36,38-45,49,66,78-79,97-98H,8,11,16-24,26-28,62H2,1-5H3,(H,67,87)(H,68,93)(H,69,80)(H,70,85)(H,71,86)(H,72,94)(H,73,90)(H,74,91)(H,75,89)(H,76,88)(H,77,92)(H,81,82)(H,83,84)(H,95,96)(H4,63,64,65)/t30-,31+,36-,38-,39-,40-,41-,42-,43-,44-,45-,49-/m0/s1. The highest BCUT2D eigenvalue weighted by atomic mass is 32.2. The average molecular weight is 1450 g/mol. The molecule has 23 N–H and O–H groups in total. The highest BCUT2D eigenvalue weighted by Crippen LogP contribution is 2.20. The van der Waals surface area contributed by atoms with Crippen molar-refractivity contribution in [2.24, 2.45) is 28.1 Å². The number of thiol groups is 2. The summed E-state index contributed by atoms with van der Waals surface area (Å²) in [6, 6.07) is -4.18. The van der Waals surface area contributed by atoms with Crippen LogP contribution in [0.3, 0.4) is 0 Å². The summed E-state index contributed by atoms with van der Waals surface area (Å²) in [4.78, 5) is 193. The number of carboxylic acids is 3. The monoisotopic (exact) mass is 1450 g/mol. The highest BCUT2D eigenvalue weighted by molar-refractivity contribution is 7.98. The molecule has 11 amide bonds. The number of hydrogen-bond acceptors (Lipinski definition) is 21. The number of aliphatic hydroxyl groups is 1. The van der Waals surface area contributed by atoms with Crippen molar-refractivity contribution in [3.05, 3.63) is 65.9 Å². The number of H-pyrrole nitrogens is 1. The van der Waals surface area contributed by atoms with Gasteiger partial charge in [0.15, 0.2) is 12.0 Å². The molecule has 0 spiro atoms. The first-order valence-electron chi connectivity index (χ1n) is 31.2. The molecule has 38 heteroatoms. The fraction of sp³-hybridized carbons (Fsp3) is 0.525. The number of phenolic OH excluding ortho intramolecular Hbond substituents is 1. The van der Waals surface area contributed by atoms with Gasteiger partial charge in [-0.3, -0.25) is 67.3 Å². The number of carboxylic acid groups (broad SMARTS) is 3. The topological polar surface area (TPSA) is 579 Å². The number of thioether (sulfide) groups is 1. The van der Waals surface area contributed by atoms with Gasteiger partial charge in [0.05, 0.1) is 25.1 Å². The molecule has 0 aliphatic rings. The molecule has 99 heavy (non-hydrogen) atoms. The van der Waals surface area contributed by atoms with E-state index in [9.17, 15) is 92.7 Å². The fourth-order valence-electron chi connectivity index (χ4n) is 9.49. The zero-order valence-corrected chi connectivity index (χ0v) is 57.6. The molecule has 0 saturated carbocycles. The van der Waals surface area contributed by atoms with E-state index in [-0.39, 0.29) is 80.0 Å². The number of amides is 11. The van der Waals surface area contributed by atoms with Gasteiger partial charge >= 0.3 is 17.9 Å². The van der Waals surface area contributed by atoms with Crippen LogP contribution in [0.25, 0.3) is 10.9 Å². The van der Waals surface area contributed by atoms with Gasteiger partial charge in [0.25, 0.3) is 0 Å². The van der Waals surface area contributed by atoms with Crippen LogP contribution < -0.4 is 75.7 Å². The van der Waals surface area contributed by atoms with Gasteiger partial charge in [-0.05, 0) is 99.6 Å². The summed E-state index contributed by atoms with van der Waals surface area (Å²) < 4.78 is 0. The number of guanidine groups is 1. The molecule has 12 atom stereocenters. The van der Waals surface area contributed by atoms with E-state index >= 15 is 0 Å². The number of nitrogens with one attached hydrogen (secondary N) is 12. The maximum Gasteiger partial charge on any atom is 0.328 e. The Kier molecular flexibility index (Phi) is 35.9. The number of carbonyl (C=O) groups excluding carboxylic acids is 11. The van der Waals surface area contributed by atoms with Crippen LogP contribution >= 0.6 is 37.0 Å². The number of nitrogens with zero attached hydrogens (tertiary/aromatic N) is 1. The number of benzene rings is 2. The molecule has 0 fully saturated rings. The number of aliphatic hydroxyl groups excluding tert-OH is 1. The van der Waals surface area contributed by atoms with Crippen LogP contribution in [0.4, 0.5) is 0 Å². The summed E-state index contributed by atoms with van der Waals surface area (Å²) in [5.41, 5.74) is 18.9. The third kappa shape index (κ3) is 29.7. The minimum absolute atomic E-state index is 0.0141. The molecule has 0 aliphatic heterocycles. The van der Waals surface area contributed by atoms with E-state index in [4.69, 9.17) is 17.2 Å². The smallest absolute Gasteiger partial charge is 0.328 e. The maximum absolute atomic E-state index is 14.3. The minimum Gasteiger partial charge on any atom is -0.508 e. The molecule has 2 aromatic carbocycles. The summed E-state index contributed by atoms with van der Waals surface area (Å²) in [5.74, 6) is -16.7. The largest absolute Gasteiger partial charge is 0.508 e. The number of aromatic hydroxyl groups is 1. The second-order valence-corrected chi connectivity index (χ2v) is 25.1. The number of aromatic nitrogens is 1. The number of aliphatic imine (C=N–C) groups is 1. The molecule has 0 bridgehead atoms. The lowest BCUT2D eigenvalue weighted by Crippen LogP contribution is -2.60. The van der Waals surface area contributed by atoms with Crippen molar-refractivity contribution >= 4 is 137 Å². The number of hydrogen-bond donors (Lipinski definition) is 22. The van der Waals surface area contributed by atoms with Gasteiger partial charge in [0.2, 0.25) is 65.0 Å². The highest BCUT2D eigenvalue weighted by Gasteiger charge is 2.36. The molecule has 546 valence electrons. The third-order valence-corrected chi connectivity index (χ3v) is 16.2. The molecular weight excluding hydrogens is 1360 g/mol. The zero-order valence-electron chi connectivity index (χ0n) is 55.0. The van der Waals surface area contributed by atoms with Gasteiger partial charge in [0, 0.05) is 48.0 Å². The minimum atomic E-state index is -1.96. The summed E-state index contributed by atoms with van der Waals surface area (Å²) >= 11 is 9.63. The first kappa shape index (κ1) is 83.8. The van der Waals surface area contributed by atoms with Crippen LogP contribution in [-0.4, -0.2) is 229 Å². The van der Waals surface area contributed by atoms with E-state index in [0.29, 0.717) is 11.1 Å².